The molecule has 108 valence electrons. The minimum absolute atomic E-state index is 0.814. The van der Waals surface area contributed by atoms with Gasteiger partial charge < -0.3 is 5.32 Å². The van der Waals surface area contributed by atoms with Crippen molar-refractivity contribution < 1.29 is 0 Å². The van der Waals surface area contributed by atoms with E-state index in [2.05, 4.69) is 55.0 Å². The average molecular weight is 297 g/mol. The summed E-state index contributed by atoms with van der Waals surface area (Å²) in [6, 6.07) is 6.25. The van der Waals surface area contributed by atoms with Gasteiger partial charge in [-0.1, -0.05) is 19.1 Å². The fourth-order valence-electron chi connectivity index (χ4n) is 2.38. The van der Waals surface area contributed by atoms with Gasteiger partial charge in [-0.05, 0) is 42.8 Å². The van der Waals surface area contributed by atoms with E-state index in [0.29, 0.717) is 0 Å². The molecular weight excluding hydrogens is 278 g/mol. The Hall–Kier alpha value is -1.94. The van der Waals surface area contributed by atoms with Crippen molar-refractivity contribution in [3.05, 3.63) is 40.1 Å². The van der Waals surface area contributed by atoms with Crippen molar-refractivity contribution in [3.63, 3.8) is 0 Å². The van der Waals surface area contributed by atoms with Crippen molar-refractivity contribution >= 4 is 28.1 Å². The van der Waals surface area contributed by atoms with Gasteiger partial charge in [-0.25, -0.2) is 9.97 Å². The number of aryl methyl sites for hydroxylation is 2. The van der Waals surface area contributed by atoms with Gasteiger partial charge in [-0.15, -0.1) is 0 Å². The van der Waals surface area contributed by atoms with E-state index in [4.69, 9.17) is 9.97 Å². The summed E-state index contributed by atoms with van der Waals surface area (Å²) >= 11 is 1.69. The molecule has 0 aliphatic heterocycles. The third kappa shape index (κ3) is 2.63. The Labute approximate surface area is 129 Å². The molecule has 21 heavy (non-hydrogen) atoms. The lowest BCUT2D eigenvalue weighted by atomic mass is 10.1. The second-order valence-electron chi connectivity index (χ2n) is 5.26. The number of hydrogen-bond acceptors (Lipinski definition) is 4. The Bertz CT molecular complexity index is 777. The molecule has 0 saturated heterocycles. The summed E-state index contributed by atoms with van der Waals surface area (Å²) in [7, 11) is 0. The normalized spacial score (nSPS) is 11.0. The van der Waals surface area contributed by atoms with Crippen LogP contribution in [-0.4, -0.2) is 16.5 Å². The molecule has 0 unspecified atom stereocenters. The predicted octanol–water partition coefficient (Wildman–Crippen LogP) is 4.80. The molecule has 0 fully saturated rings. The highest BCUT2D eigenvalue weighted by Crippen LogP contribution is 2.29. The summed E-state index contributed by atoms with van der Waals surface area (Å²) in [4.78, 5) is 9.57. The molecule has 0 radical (unpaired) electrons. The van der Waals surface area contributed by atoms with E-state index < -0.39 is 0 Å². The summed E-state index contributed by atoms with van der Waals surface area (Å²) in [6.07, 6.45) is 1.07. The number of hydrogen-bond donors (Lipinski definition) is 1. The largest absolute Gasteiger partial charge is 0.369 e. The van der Waals surface area contributed by atoms with Gasteiger partial charge in [-0.3, -0.25) is 0 Å². The summed E-state index contributed by atoms with van der Waals surface area (Å²) in [5.41, 5.74) is 4.58. The lowest BCUT2D eigenvalue weighted by molar-refractivity contribution is 0.970. The number of anilines is 1. The second-order valence-corrected chi connectivity index (χ2v) is 6.01. The molecule has 4 heteroatoms. The first-order valence-corrected chi connectivity index (χ1v) is 8.19. The number of para-hydroxylation sites is 1. The van der Waals surface area contributed by atoms with Crippen LogP contribution in [0.25, 0.3) is 22.3 Å². The highest BCUT2D eigenvalue weighted by atomic mass is 32.1. The van der Waals surface area contributed by atoms with Crippen LogP contribution < -0.4 is 5.32 Å². The van der Waals surface area contributed by atoms with Gasteiger partial charge in [0.2, 0.25) is 0 Å². The van der Waals surface area contributed by atoms with E-state index in [-0.39, 0.29) is 0 Å². The summed E-state index contributed by atoms with van der Waals surface area (Å²) in [6.45, 7) is 7.28. The predicted molar refractivity (Wildman–Crippen MR) is 91.1 cm³/mol. The Morgan fingerprint density at radius 3 is 2.67 bits per heavy atom. The molecule has 3 nitrogen and oxygen atoms in total. The van der Waals surface area contributed by atoms with Gasteiger partial charge in [0.15, 0.2) is 5.82 Å². The van der Waals surface area contributed by atoms with Crippen molar-refractivity contribution in [1.29, 1.82) is 0 Å². The maximum atomic E-state index is 4.80. The number of rotatable bonds is 4. The Kier molecular flexibility index (Phi) is 3.88. The van der Waals surface area contributed by atoms with Crippen LogP contribution in [0.5, 0.6) is 0 Å². The Balaban J connectivity index is 2.23. The second kappa shape index (κ2) is 5.82. The van der Waals surface area contributed by atoms with Crippen LogP contribution in [0, 0.1) is 13.8 Å². The van der Waals surface area contributed by atoms with Crippen LogP contribution in [0.2, 0.25) is 0 Å². The number of fused-ring (bicyclic) bond motifs is 1. The third-order valence-corrected chi connectivity index (χ3v) is 4.43. The Morgan fingerprint density at radius 2 is 1.95 bits per heavy atom. The molecule has 0 saturated carbocycles. The van der Waals surface area contributed by atoms with Gasteiger partial charge >= 0.3 is 0 Å². The van der Waals surface area contributed by atoms with Crippen molar-refractivity contribution in [2.24, 2.45) is 0 Å². The topological polar surface area (TPSA) is 37.8 Å². The van der Waals surface area contributed by atoms with Crippen molar-refractivity contribution in [2.75, 3.05) is 11.9 Å². The maximum Gasteiger partial charge on any atom is 0.163 e. The molecule has 0 aliphatic carbocycles. The molecule has 3 rings (SSSR count). The molecule has 0 spiro atoms. The molecule has 0 bridgehead atoms. The lowest BCUT2D eigenvalue weighted by Crippen LogP contribution is -2.05. The number of aromatic nitrogens is 2. The average Bonchev–Trinajstić information content (AvgIpc) is 2.91. The zero-order chi connectivity index (χ0) is 14.8. The first-order chi connectivity index (χ1) is 10.2. The minimum atomic E-state index is 0.814. The van der Waals surface area contributed by atoms with Gasteiger partial charge in [0, 0.05) is 22.9 Å². The molecular formula is C17H19N3S. The van der Waals surface area contributed by atoms with Gasteiger partial charge in [0.25, 0.3) is 0 Å². The molecule has 2 heterocycles. The van der Waals surface area contributed by atoms with Gasteiger partial charge in [0.1, 0.15) is 5.82 Å². The van der Waals surface area contributed by atoms with Gasteiger partial charge in [0.05, 0.1) is 5.52 Å². The molecule has 0 atom stereocenters. The molecule has 0 amide bonds. The van der Waals surface area contributed by atoms with Crippen LogP contribution in [0.15, 0.2) is 29.0 Å². The highest BCUT2D eigenvalue weighted by Gasteiger charge is 2.12. The first kappa shape index (κ1) is 14.0. The van der Waals surface area contributed by atoms with E-state index in [0.717, 1.165) is 41.1 Å². The first-order valence-electron chi connectivity index (χ1n) is 7.25. The Morgan fingerprint density at radius 1 is 1.10 bits per heavy atom. The number of thiophene rings is 1. The quantitative estimate of drug-likeness (QED) is 0.752. The van der Waals surface area contributed by atoms with E-state index in [9.17, 15) is 0 Å². The van der Waals surface area contributed by atoms with E-state index >= 15 is 0 Å². The highest BCUT2D eigenvalue weighted by molar-refractivity contribution is 7.08. The van der Waals surface area contributed by atoms with Crippen LogP contribution in [0.4, 0.5) is 5.82 Å². The summed E-state index contributed by atoms with van der Waals surface area (Å²) in [5.74, 6) is 1.75. The number of benzene rings is 1. The molecule has 3 aromatic rings. The van der Waals surface area contributed by atoms with Crippen molar-refractivity contribution in [3.8, 4) is 11.4 Å². The summed E-state index contributed by atoms with van der Waals surface area (Å²) < 4.78 is 0. The van der Waals surface area contributed by atoms with E-state index in [1.54, 1.807) is 11.3 Å². The smallest absolute Gasteiger partial charge is 0.163 e. The SMILES string of the molecule is CCCNc1nc(-c2cscc2C)nc2c(C)cccc12. The van der Waals surface area contributed by atoms with Crippen molar-refractivity contribution in [1.82, 2.24) is 9.97 Å². The third-order valence-electron chi connectivity index (χ3n) is 3.57. The maximum absolute atomic E-state index is 4.80. The summed E-state index contributed by atoms with van der Waals surface area (Å²) in [5, 5.41) is 8.80. The number of nitrogens with zero attached hydrogens (tertiary/aromatic N) is 2. The van der Waals surface area contributed by atoms with Gasteiger partial charge in [-0.2, -0.15) is 11.3 Å². The standard InChI is InChI=1S/C17H19N3S/c1-4-8-18-16-13-7-5-6-11(2)15(13)19-17(20-16)14-10-21-9-12(14)3/h5-7,9-10H,4,8H2,1-3H3,(H,18,19,20). The fraction of sp³-hybridized carbons (Fsp3) is 0.294. The molecule has 2 aromatic heterocycles. The molecule has 1 N–H and O–H groups in total. The molecule has 0 aliphatic rings. The van der Waals surface area contributed by atoms with Crippen LogP contribution in [0.3, 0.4) is 0 Å². The molecule has 1 aromatic carbocycles. The fourth-order valence-corrected chi connectivity index (χ4v) is 3.21. The van der Waals surface area contributed by atoms with Crippen LogP contribution >= 0.6 is 11.3 Å². The van der Waals surface area contributed by atoms with Crippen molar-refractivity contribution in [2.45, 2.75) is 27.2 Å². The zero-order valence-corrected chi connectivity index (χ0v) is 13.4. The lowest BCUT2D eigenvalue weighted by Gasteiger charge is -2.11. The minimum Gasteiger partial charge on any atom is -0.369 e. The van der Waals surface area contributed by atoms with E-state index in [1.165, 1.54) is 11.1 Å². The van der Waals surface area contributed by atoms with E-state index in [1.807, 2.05) is 0 Å². The van der Waals surface area contributed by atoms with Crippen LogP contribution in [0.1, 0.15) is 24.5 Å². The monoisotopic (exact) mass is 297 g/mol. The van der Waals surface area contributed by atoms with Crippen LogP contribution in [-0.2, 0) is 0 Å². The number of nitrogens with one attached hydrogen (secondary N) is 1. The zero-order valence-electron chi connectivity index (χ0n) is 12.6.